The number of nitrogens with one attached hydrogen (secondary N) is 1. The van der Waals surface area contributed by atoms with Crippen LogP contribution in [0.15, 0.2) is 60.9 Å². The molecule has 1 atom stereocenters. The van der Waals surface area contributed by atoms with Gasteiger partial charge in [0.1, 0.15) is 11.4 Å². The van der Waals surface area contributed by atoms with E-state index >= 15 is 0 Å². The van der Waals surface area contributed by atoms with Gasteiger partial charge in [0.15, 0.2) is 0 Å². The second-order valence-corrected chi connectivity index (χ2v) is 6.54. The number of ether oxygens (including phenoxy) is 1. The van der Waals surface area contributed by atoms with Crippen LogP contribution in [-0.4, -0.2) is 23.0 Å². The lowest BCUT2D eigenvalue weighted by molar-refractivity contribution is -0.139. The first-order valence-electron chi connectivity index (χ1n) is 9.01. The molecule has 0 aliphatic heterocycles. The van der Waals surface area contributed by atoms with Crippen LogP contribution in [0.2, 0.25) is 0 Å². The molecular weight excluding hydrogens is 440 g/mol. The zero-order chi connectivity index (χ0) is 23.5. The van der Waals surface area contributed by atoms with Crippen LogP contribution in [0.4, 0.5) is 26.3 Å². The van der Waals surface area contributed by atoms with Crippen molar-refractivity contribution < 1.29 is 35.9 Å². The molecule has 0 spiro atoms. The van der Waals surface area contributed by atoms with Crippen LogP contribution in [-0.2, 0) is 12.4 Å². The van der Waals surface area contributed by atoms with Crippen LogP contribution in [0.3, 0.4) is 0 Å². The summed E-state index contributed by atoms with van der Waals surface area (Å²) in [5.41, 5.74) is -2.89. The summed E-state index contributed by atoms with van der Waals surface area (Å²) in [5.74, 6) is -0.586. The number of alkyl halides is 6. The van der Waals surface area contributed by atoms with Crippen LogP contribution in [0.1, 0.15) is 38.9 Å². The molecule has 3 rings (SSSR count). The van der Waals surface area contributed by atoms with E-state index in [-0.39, 0.29) is 17.0 Å². The molecule has 3 aromatic rings. The summed E-state index contributed by atoms with van der Waals surface area (Å²) in [5, 5.41) is 2.39. The fourth-order valence-corrected chi connectivity index (χ4v) is 2.93. The average Bonchev–Trinajstić information content (AvgIpc) is 2.76. The molecular formula is C21H15F6N3O2. The molecule has 1 N–H and O–H groups in total. The molecule has 0 saturated heterocycles. The summed E-state index contributed by atoms with van der Waals surface area (Å²) in [6, 6.07) is 6.48. The molecule has 168 valence electrons. The van der Waals surface area contributed by atoms with Gasteiger partial charge < -0.3 is 10.1 Å². The normalized spacial score (nSPS) is 12.8. The Morgan fingerprint density at radius 3 is 2.22 bits per heavy atom. The minimum Gasteiger partial charge on any atom is -0.497 e. The Bertz CT molecular complexity index is 1100. The number of amides is 1. The maximum atomic E-state index is 13.6. The zero-order valence-corrected chi connectivity index (χ0v) is 16.3. The topological polar surface area (TPSA) is 64.1 Å². The van der Waals surface area contributed by atoms with Crippen LogP contribution in [0.25, 0.3) is 0 Å². The van der Waals surface area contributed by atoms with Crippen molar-refractivity contribution in [2.75, 3.05) is 7.11 Å². The third-order valence-electron chi connectivity index (χ3n) is 4.46. The van der Waals surface area contributed by atoms with Crippen molar-refractivity contribution in [3.8, 4) is 5.75 Å². The Kier molecular flexibility index (Phi) is 6.37. The van der Waals surface area contributed by atoms with E-state index in [1.54, 1.807) is 0 Å². The first-order chi connectivity index (χ1) is 15.0. The quantitative estimate of drug-likeness (QED) is 0.548. The highest BCUT2D eigenvalue weighted by Gasteiger charge is 2.37. The number of rotatable bonds is 5. The molecule has 5 nitrogen and oxygen atoms in total. The molecule has 0 fully saturated rings. The number of methoxy groups -OCH3 is 1. The van der Waals surface area contributed by atoms with Gasteiger partial charge in [-0.05, 0) is 35.9 Å². The van der Waals surface area contributed by atoms with Gasteiger partial charge in [-0.2, -0.15) is 26.3 Å². The number of nitrogens with zero attached hydrogens (tertiary/aromatic N) is 2. The molecule has 0 aliphatic rings. The van der Waals surface area contributed by atoms with E-state index in [4.69, 9.17) is 4.74 Å². The highest BCUT2D eigenvalue weighted by Crippen LogP contribution is 2.36. The summed E-state index contributed by atoms with van der Waals surface area (Å²) in [7, 11) is 1.35. The van der Waals surface area contributed by atoms with Crippen LogP contribution in [0.5, 0.6) is 5.75 Å². The van der Waals surface area contributed by atoms with Crippen LogP contribution >= 0.6 is 0 Å². The Morgan fingerprint density at radius 2 is 1.62 bits per heavy atom. The highest BCUT2D eigenvalue weighted by molar-refractivity contribution is 5.93. The summed E-state index contributed by atoms with van der Waals surface area (Å²) < 4.78 is 84.5. The molecule has 32 heavy (non-hydrogen) atoms. The van der Waals surface area contributed by atoms with Crippen molar-refractivity contribution in [1.82, 2.24) is 15.3 Å². The number of halogens is 6. The molecule has 0 unspecified atom stereocenters. The van der Waals surface area contributed by atoms with Gasteiger partial charge in [0, 0.05) is 18.5 Å². The SMILES string of the molecule is COc1ccnc(C(=O)N[C@@H](c2ccc(C(F)(F)F)cc2)c2ncccc2C(F)(F)F)c1. The maximum absolute atomic E-state index is 13.6. The minimum atomic E-state index is -4.81. The number of benzene rings is 1. The molecule has 2 heterocycles. The first kappa shape index (κ1) is 23.0. The number of aromatic nitrogens is 2. The fraction of sp³-hybridized carbons (Fsp3) is 0.190. The lowest BCUT2D eigenvalue weighted by Crippen LogP contribution is -2.32. The molecule has 2 aromatic heterocycles. The Labute approximate surface area is 178 Å². The van der Waals surface area contributed by atoms with E-state index in [1.165, 1.54) is 25.4 Å². The lowest BCUT2D eigenvalue weighted by atomic mass is 9.97. The third-order valence-corrected chi connectivity index (χ3v) is 4.46. The smallest absolute Gasteiger partial charge is 0.418 e. The summed E-state index contributed by atoms with van der Waals surface area (Å²) in [4.78, 5) is 20.4. The van der Waals surface area contributed by atoms with Crippen LogP contribution in [0, 0.1) is 0 Å². The molecule has 11 heteroatoms. The number of carbonyl (C=O) groups is 1. The van der Waals surface area contributed by atoms with Crippen molar-refractivity contribution in [2.45, 2.75) is 18.4 Å². The van der Waals surface area contributed by atoms with Gasteiger partial charge in [0.05, 0.1) is 30.0 Å². The van der Waals surface area contributed by atoms with Gasteiger partial charge in [0.2, 0.25) is 0 Å². The fourth-order valence-electron chi connectivity index (χ4n) is 2.93. The Morgan fingerprint density at radius 1 is 0.938 bits per heavy atom. The summed E-state index contributed by atoms with van der Waals surface area (Å²) >= 11 is 0. The average molecular weight is 455 g/mol. The van der Waals surface area contributed by atoms with Crippen molar-refractivity contribution >= 4 is 5.91 Å². The molecule has 0 radical (unpaired) electrons. The predicted octanol–water partition coefficient (Wildman–Crippen LogP) is 5.04. The lowest BCUT2D eigenvalue weighted by Gasteiger charge is -2.22. The number of pyridine rings is 2. The standard InChI is InChI=1S/C21H15F6N3O2/c1-32-14-8-10-28-16(11-14)19(31)30-17(12-4-6-13(7-5-12)20(22,23)24)18-15(21(25,26)27)3-2-9-29-18/h2-11,17H,1H3,(H,30,31)/t17-/m0/s1. The third kappa shape index (κ3) is 5.16. The molecule has 0 bridgehead atoms. The second-order valence-electron chi connectivity index (χ2n) is 6.54. The maximum Gasteiger partial charge on any atom is 0.418 e. The van der Waals surface area contributed by atoms with Crippen molar-refractivity contribution in [1.29, 1.82) is 0 Å². The van der Waals surface area contributed by atoms with Gasteiger partial charge in [-0.1, -0.05) is 12.1 Å². The van der Waals surface area contributed by atoms with E-state index in [0.717, 1.165) is 30.5 Å². The van der Waals surface area contributed by atoms with E-state index < -0.39 is 41.1 Å². The predicted molar refractivity (Wildman–Crippen MR) is 101 cm³/mol. The van der Waals surface area contributed by atoms with E-state index in [0.29, 0.717) is 12.1 Å². The highest BCUT2D eigenvalue weighted by atomic mass is 19.4. The summed E-state index contributed by atoms with van der Waals surface area (Å²) in [6.07, 6.45) is -7.09. The van der Waals surface area contributed by atoms with Gasteiger partial charge in [0.25, 0.3) is 5.91 Å². The number of carbonyl (C=O) groups excluding carboxylic acids is 1. The van der Waals surface area contributed by atoms with Crippen molar-refractivity contribution in [2.24, 2.45) is 0 Å². The minimum absolute atomic E-state index is 0.0292. The first-order valence-corrected chi connectivity index (χ1v) is 9.01. The van der Waals surface area contributed by atoms with E-state index in [2.05, 4.69) is 15.3 Å². The second kappa shape index (κ2) is 8.85. The molecule has 0 aliphatic carbocycles. The Hall–Kier alpha value is -3.63. The summed E-state index contributed by atoms with van der Waals surface area (Å²) in [6.45, 7) is 0. The van der Waals surface area contributed by atoms with Gasteiger partial charge in [-0.3, -0.25) is 14.8 Å². The molecule has 1 aromatic carbocycles. The largest absolute Gasteiger partial charge is 0.497 e. The molecule has 1 amide bonds. The van der Waals surface area contributed by atoms with Crippen molar-refractivity contribution in [3.05, 3.63) is 89.0 Å². The van der Waals surface area contributed by atoms with E-state index in [9.17, 15) is 31.1 Å². The monoisotopic (exact) mass is 455 g/mol. The van der Waals surface area contributed by atoms with Crippen molar-refractivity contribution in [3.63, 3.8) is 0 Å². The number of hydrogen-bond acceptors (Lipinski definition) is 4. The van der Waals surface area contributed by atoms with Gasteiger partial charge in [-0.25, -0.2) is 0 Å². The van der Waals surface area contributed by atoms with E-state index in [1.807, 2.05) is 0 Å². The van der Waals surface area contributed by atoms with Crippen LogP contribution < -0.4 is 10.1 Å². The Balaban J connectivity index is 2.07. The zero-order valence-electron chi connectivity index (χ0n) is 16.3. The van der Waals surface area contributed by atoms with Gasteiger partial charge >= 0.3 is 12.4 Å². The molecule has 0 saturated carbocycles. The van der Waals surface area contributed by atoms with Gasteiger partial charge in [-0.15, -0.1) is 0 Å². The number of hydrogen-bond donors (Lipinski definition) is 1.